The zero-order valence-electron chi connectivity index (χ0n) is 12.3. The van der Waals surface area contributed by atoms with E-state index in [9.17, 15) is 8.42 Å². The number of methoxy groups -OCH3 is 3. The third kappa shape index (κ3) is 5.12. The van der Waals surface area contributed by atoms with Crippen molar-refractivity contribution in [2.24, 2.45) is 0 Å². The second kappa shape index (κ2) is 8.55. The van der Waals surface area contributed by atoms with Crippen molar-refractivity contribution in [3.8, 4) is 5.75 Å². The lowest BCUT2D eigenvalue weighted by Gasteiger charge is -2.16. The van der Waals surface area contributed by atoms with E-state index < -0.39 is 10.0 Å². The molecule has 1 rings (SSSR count). The fourth-order valence-electron chi connectivity index (χ4n) is 1.69. The van der Waals surface area contributed by atoms with Gasteiger partial charge in [-0.1, -0.05) is 6.07 Å². The number of rotatable bonds is 9. The van der Waals surface area contributed by atoms with Crippen molar-refractivity contribution in [1.29, 1.82) is 0 Å². The van der Waals surface area contributed by atoms with Crippen LogP contribution in [0.25, 0.3) is 0 Å². The van der Waals surface area contributed by atoms with Crippen molar-refractivity contribution in [2.75, 3.05) is 34.5 Å². The van der Waals surface area contributed by atoms with E-state index in [1.165, 1.54) is 27.4 Å². The molecule has 120 valence electrons. The Morgan fingerprint density at radius 1 is 1.29 bits per heavy atom. The SMILES string of the molecule is COCC(CNS(=O)(=O)c1ccc(CCl)cc1OC)OC. The molecule has 0 heterocycles. The maximum atomic E-state index is 12.3. The van der Waals surface area contributed by atoms with Gasteiger partial charge in [0.2, 0.25) is 10.0 Å². The Morgan fingerprint density at radius 3 is 2.52 bits per heavy atom. The van der Waals surface area contributed by atoms with Crippen molar-refractivity contribution >= 4 is 21.6 Å². The van der Waals surface area contributed by atoms with Crippen molar-refractivity contribution in [1.82, 2.24) is 4.72 Å². The Morgan fingerprint density at radius 2 is 2.00 bits per heavy atom. The highest BCUT2D eigenvalue weighted by Crippen LogP contribution is 2.25. The summed E-state index contributed by atoms with van der Waals surface area (Å²) in [5.74, 6) is 0.533. The van der Waals surface area contributed by atoms with Crippen molar-refractivity contribution in [2.45, 2.75) is 16.9 Å². The van der Waals surface area contributed by atoms with E-state index in [0.29, 0.717) is 6.61 Å². The molecule has 1 unspecified atom stereocenters. The molecule has 0 saturated heterocycles. The van der Waals surface area contributed by atoms with Crippen LogP contribution in [0.15, 0.2) is 23.1 Å². The van der Waals surface area contributed by atoms with E-state index >= 15 is 0 Å². The fraction of sp³-hybridized carbons (Fsp3) is 0.538. The molecular formula is C13H20ClNO5S. The Hall–Kier alpha value is -0.860. The van der Waals surface area contributed by atoms with Gasteiger partial charge in [-0.25, -0.2) is 13.1 Å². The monoisotopic (exact) mass is 337 g/mol. The van der Waals surface area contributed by atoms with Gasteiger partial charge in [0.1, 0.15) is 10.6 Å². The highest BCUT2D eigenvalue weighted by atomic mass is 35.5. The van der Waals surface area contributed by atoms with E-state index in [0.717, 1.165) is 5.56 Å². The smallest absolute Gasteiger partial charge is 0.244 e. The molecule has 0 aliphatic carbocycles. The quantitative estimate of drug-likeness (QED) is 0.689. The molecule has 0 aliphatic rings. The predicted octanol–water partition coefficient (Wildman–Crippen LogP) is 1.37. The summed E-state index contributed by atoms with van der Waals surface area (Å²) in [6, 6.07) is 4.72. The van der Waals surface area contributed by atoms with Gasteiger partial charge in [-0.2, -0.15) is 0 Å². The lowest BCUT2D eigenvalue weighted by atomic mass is 10.2. The van der Waals surface area contributed by atoms with Crippen LogP contribution in [0.5, 0.6) is 5.75 Å². The number of hydrogen-bond donors (Lipinski definition) is 1. The number of benzene rings is 1. The topological polar surface area (TPSA) is 73.9 Å². The molecule has 0 radical (unpaired) electrons. The van der Waals surface area contributed by atoms with Crippen LogP contribution in [0.4, 0.5) is 0 Å². The zero-order chi connectivity index (χ0) is 15.9. The first-order chi connectivity index (χ1) is 9.98. The maximum absolute atomic E-state index is 12.3. The average molecular weight is 338 g/mol. The Bertz CT molecular complexity index is 549. The van der Waals surface area contributed by atoms with E-state index in [1.54, 1.807) is 12.1 Å². The summed E-state index contributed by atoms with van der Waals surface area (Å²) in [6.07, 6.45) is -0.363. The minimum atomic E-state index is -3.71. The zero-order valence-corrected chi connectivity index (χ0v) is 13.8. The number of alkyl halides is 1. The standard InChI is InChI=1S/C13H20ClNO5S/c1-18-9-11(19-2)8-15-21(16,17)13-5-4-10(7-14)6-12(13)20-3/h4-6,11,15H,7-9H2,1-3H3. The highest BCUT2D eigenvalue weighted by molar-refractivity contribution is 7.89. The van der Waals surface area contributed by atoms with Gasteiger partial charge in [0.15, 0.2) is 0 Å². The molecule has 0 spiro atoms. The Kier molecular flexibility index (Phi) is 7.41. The molecule has 0 fully saturated rings. The van der Waals surface area contributed by atoms with Crippen molar-refractivity contribution in [3.63, 3.8) is 0 Å². The fourth-order valence-corrected chi connectivity index (χ4v) is 3.08. The molecule has 0 bridgehead atoms. The predicted molar refractivity (Wildman–Crippen MR) is 80.4 cm³/mol. The maximum Gasteiger partial charge on any atom is 0.244 e. The molecule has 0 saturated carbocycles. The molecular weight excluding hydrogens is 318 g/mol. The molecule has 8 heteroatoms. The molecule has 0 aromatic heterocycles. The first-order valence-electron chi connectivity index (χ1n) is 6.22. The Labute approximate surface area is 130 Å². The minimum Gasteiger partial charge on any atom is -0.495 e. The molecule has 1 aromatic rings. The molecule has 6 nitrogen and oxygen atoms in total. The molecule has 1 N–H and O–H groups in total. The van der Waals surface area contributed by atoms with Gasteiger partial charge in [-0.3, -0.25) is 0 Å². The number of hydrogen-bond acceptors (Lipinski definition) is 5. The largest absolute Gasteiger partial charge is 0.495 e. The summed E-state index contributed by atoms with van der Waals surface area (Å²) >= 11 is 5.73. The normalized spacial score (nSPS) is 13.1. The molecule has 21 heavy (non-hydrogen) atoms. The summed E-state index contributed by atoms with van der Waals surface area (Å²) in [6.45, 7) is 0.397. The third-order valence-corrected chi connectivity index (χ3v) is 4.63. The van der Waals surface area contributed by atoms with Crippen LogP contribution in [0.2, 0.25) is 0 Å². The lowest BCUT2D eigenvalue weighted by molar-refractivity contribution is 0.0320. The van der Waals surface area contributed by atoms with Crippen LogP contribution in [0, 0.1) is 0 Å². The van der Waals surface area contributed by atoms with Gasteiger partial charge < -0.3 is 14.2 Å². The van der Waals surface area contributed by atoms with Crippen molar-refractivity contribution in [3.05, 3.63) is 23.8 Å². The van der Waals surface area contributed by atoms with Gasteiger partial charge in [0.05, 0.1) is 19.8 Å². The highest BCUT2D eigenvalue weighted by Gasteiger charge is 2.21. The lowest BCUT2D eigenvalue weighted by Crippen LogP contribution is -2.35. The van der Waals surface area contributed by atoms with E-state index in [2.05, 4.69) is 4.72 Å². The van der Waals surface area contributed by atoms with Gasteiger partial charge in [-0.15, -0.1) is 11.6 Å². The van der Waals surface area contributed by atoms with E-state index in [1.807, 2.05) is 0 Å². The number of sulfonamides is 1. The van der Waals surface area contributed by atoms with Gasteiger partial charge in [0, 0.05) is 26.6 Å². The van der Waals surface area contributed by atoms with Gasteiger partial charge in [-0.05, 0) is 17.7 Å². The molecule has 1 aromatic carbocycles. The minimum absolute atomic E-state index is 0.0612. The van der Waals surface area contributed by atoms with Crippen LogP contribution in [0.1, 0.15) is 5.56 Å². The van der Waals surface area contributed by atoms with E-state index in [-0.39, 0.29) is 29.2 Å². The van der Waals surface area contributed by atoms with Crippen LogP contribution in [-0.2, 0) is 25.4 Å². The van der Waals surface area contributed by atoms with Crippen LogP contribution in [-0.4, -0.2) is 49.0 Å². The molecule has 0 aliphatic heterocycles. The molecule has 0 amide bonds. The van der Waals surface area contributed by atoms with Gasteiger partial charge in [0.25, 0.3) is 0 Å². The summed E-state index contributed by atoms with van der Waals surface area (Å²) in [5, 5.41) is 0. The van der Waals surface area contributed by atoms with Crippen molar-refractivity contribution < 1.29 is 22.6 Å². The first kappa shape index (κ1) is 18.2. The van der Waals surface area contributed by atoms with Crippen LogP contribution in [0.3, 0.4) is 0 Å². The summed E-state index contributed by atoms with van der Waals surface area (Å²) in [5.41, 5.74) is 0.779. The number of nitrogens with one attached hydrogen (secondary N) is 1. The third-order valence-electron chi connectivity index (χ3n) is 2.86. The second-order valence-electron chi connectivity index (χ2n) is 4.28. The molecule has 1 atom stereocenters. The summed E-state index contributed by atoms with van der Waals surface area (Å²) in [7, 11) is 0.723. The number of halogens is 1. The first-order valence-corrected chi connectivity index (χ1v) is 8.24. The Balaban J connectivity index is 2.92. The summed E-state index contributed by atoms with van der Waals surface area (Å²) in [4.78, 5) is 0.0612. The van der Waals surface area contributed by atoms with E-state index in [4.69, 9.17) is 25.8 Å². The number of ether oxygens (including phenoxy) is 3. The second-order valence-corrected chi connectivity index (χ2v) is 6.29. The van der Waals surface area contributed by atoms with Crippen LogP contribution < -0.4 is 9.46 Å². The van der Waals surface area contributed by atoms with Crippen LogP contribution >= 0.6 is 11.6 Å². The van der Waals surface area contributed by atoms with Gasteiger partial charge >= 0.3 is 0 Å². The summed E-state index contributed by atoms with van der Waals surface area (Å²) < 4.78 is 42.3. The average Bonchev–Trinajstić information content (AvgIpc) is 2.50.